The van der Waals surface area contributed by atoms with Gasteiger partial charge in [0.1, 0.15) is 23.9 Å². The van der Waals surface area contributed by atoms with Gasteiger partial charge < -0.3 is 37.8 Å². The summed E-state index contributed by atoms with van der Waals surface area (Å²) in [7, 11) is 0. The number of carbonyl (C=O) groups is 5. The van der Waals surface area contributed by atoms with Crippen LogP contribution in [-0.2, 0) is 36.8 Å². The molecule has 4 atom stereocenters. The van der Waals surface area contributed by atoms with E-state index >= 15 is 0 Å². The van der Waals surface area contributed by atoms with Crippen molar-refractivity contribution >= 4 is 29.5 Å². The maximum atomic E-state index is 13.0. The maximum absolute atomic E-state index is 13.0. The van der Waals surface area contributed by atoms with Gasteiger partial charge in [-0.15, -0.1) is 0 Å². The van der Waals surface area contributed by atoms with Crippen molar-refractivity contribution in [3.05, 3.63) is 65.7 Å². The zero-order chi connectivity index (χ0) is 29.8. The second kappa shape index (κ2) is 15.2. The Bertz CT molecular complexity index is 1170. The molecule has 0 saturated carbocycles. The molecule has 2 rings (SSSR count). The number of phenolic OH excluding ortho intramolecular Hbond substituents is 1. The number of hydrogen-bond donors (Lipinski definition) is 7. The average molecular weight is 555 g/mol. The van der Waals surface area contributed by atoms with Gasteiger partial charge in [-0.1, -0.05) is 56.3 Å². The van der Waals surface area contributed by atoms with E-state index in [1.807, 2.05) is 6.07 Å². The Labute approximate surface area is 233 Å². The minimum atomic E-state index is -1.04. The van der Waals surface area contributed by atoms with Gasteiger partial charge in [-0.3, -0.25) is 24.0 Å². The van der Waals surface area contributed by atoms with Crippen molar-refractivity contribution in [1.82, 2.24) is 21.3 Å². The molecule has 0 saturated heterocycles. The molecule has 0 bridgehead atoms. The topological polar surface area (TPSA) is 206 Å². The molecule has 12 nitrogen and oxygen atoms in total. The van der Waals surface area contributed by atoms with Gasteiger partial charge in [-0.25, -0.2) is 0 Å². The number of amides is 5. The van der Waals surface area contributed by atoms with E-state index in [1.54, 1.807) is 50.2 Å². The van der Waals surface area contributed by atoms with Gasteiger partial charge in [-0.05, 0) is 42.5 Å². The quantitative estimate of drug-likeness (QED) is 0.159. The molecule has 0 radical (unpaired) electrons. The predicted octanol–water partition coefficient (Wildman–Crippen LogP) is -0.763. The maximum Gasteiger partial charge on any atom is 0.243 e. The second-order valence-electron chi connectivity index (χ2n) is 9.87. The molecule has 0 heterocycles. The number of rotatable bonds is 14. The molecule has 0 spiro atoms. The second-order valence-corrected chi connectivity index (χ2v) is 9.87. The normalized spacial score (nSPS) is 13.8. The lowest BCUT2D eigenvalue weighted by Crippen LogP contribution is -2.56. The van der Waals surface area contributed by atoms with E-state index in [9.17, 15) is 29.1 Å². The number of primary amides is 1. The zero-order valence-electron chi connectivity index (χ0n) is 22.8. The Hall–Kier alpha value is -4.45. The molecule has 0 fully saturated rings. The highest BCUT2D eigenvalue weighted by molar-refractivity contribution is 5.94. The van der Waals surface area contributed by atoms with Gasteiger partial charge >= 0.3 is 0 Å². The van der Waals surface area contributed by atoms with Gasteiger partial charge in [0.25, 0.3) is 0 Å². The van der Waals surface area contributed by atoms with Crippen LogP contribution in [-0.4, -0.2) is 65.4 Å². The fourth-order valence-corrected chi connectivity index (χ4v) is 3.81. The van der Waals surface area contributed by atoms with Gasteiger partial charge in [0.15, 0.2) is 0 Å². The van der Waals surface area contributed by atoms with Crippen molar-refractivity contribution in [2.24, 2.45) is 17.4 Å². The summed E-state index contributed by atoms with van der Waals surface area (Å²) in [5, 5.41) is 19.5. The molecule has 5 amide bonds. The SMILES string of the molecule is CC(C)[C@H](NC(=O)[C@H](Cc1ccccc1)NC(=O)CNC(=O)[C@H](C)NC(=O)[C@@H](N)Cc1ccc(O)cc1)C(N)=O. The van der Waals surface area contributed by atoms with Gasteiger partial charge in [-0.2, -0.15) is 0 Å². The zero-order valence-corrected chi connectivity index (χ0v) is 22.8. The summed E-state index contributed by atoms with van der Waals surface area (Å²) in [6.45, 7) is 4.45. The number of nitrogens with one attached hydrogen (secondary N) is 4. The summed E-state index contributed by atoms with van der Waals surface area (Å²) in [5.74, 6) is -3.30. The highest BCUT2D eigenvalue weighted by atomic mass is 16.3. The fourth-order valence-electron chi connectivity index (χ4n) is 3.81. The number of benzene rings is 2. The lowest BCUT2D eigenvalue weighted by Gasteiger charge is -2.24. The van der Waals surface area contributed by atoms with Crippen LogP contribution in [0.15, 0.2) is 54.6 Å². The first-order valence-electron chi connectivity index (χ1n) is 12.9. The van der Waals surface area contributed by atoms with Gasteiger partial charge in [0.05, 0.1) is 12.6 Å². The lowest BCUT2D eigenvalue weighted by atomic mass is 10.0. The number of aromatic hydroxyl groups is 1. The number of carbonyl (C=O) groups excluding carboxylic acids is 5. The number of phenols is 1. The third-order valence-electron chi connectivity index (χ3n) is 6.11. The summed E-state index contributed by atoms with van der Waals surface area (Å²) in [6, 6.07) is 11.3. The van der Waals surface area contributed by atoms with E-state index in [4.69, 9.17) is 11.5 Å². The summed E-state index contributed by atoms with van der Waals surface area (Å²) in [4.78, 5) is 62.3. The van der Waals surface area contributed by atoms with E-state index in [2.05, 4.69) is 21.3 Å². The monoisotopic (exact) mass is 554 g/mol. The van der Waals surface area contributed by atoms with Crippen LogP contribution in [0.4, 0.5) is 0 Å². The molecule has 12 heteroatoms. The van der Waals surface area contributed by atoms with Crippen molar-refractivity contribution in [2.45, 2.75) is 57.8 Å². The van der Waals surface area contributed by atoms with Gasteiger partial charge in [0, 0.05) is 6.42 Å². The molecule has 0 unspecified atom stereocenters. The third-order valence-corrected chi connectivity index (χ3v) is 6.11. The minimum absolute atomic E-state index is 0.0912. The van der Waals surface area contributed by atoms with E-state index in [-0.39, 0.29) is 24.5 Å². The Morgan fingerprint density at radius 3 is 1.95 bits per heavy atom. The Morgan fingerprint density at radius 2 is 1.38 bits per heavy atom. The number of nitrogens with two attached hydrogens (primary N) is 2. The van der Waals surface area contributed by atoms with Crippen LogP contribution >= 0.6 is 0 Å². The molecular formula is C28H38N6O6. The molecule has 0 aromatic heterocycles. The highest BCUT2D eigenvalue weighted by Crippen LogP contribution is 2.11. The molecule has 9 N–H and O–H groups in total. The average Bonchev–Trinajstić information content (AvgIpc) is 2.91. The van der Waals surface area contributed by atoms with Crippen LogP contribution < -0.4 is 32.7 Å². The van der Waals surface area contributed by atoms with Crippen molar-refractivity contribution in [1.29, 1.82) is 0 Å². The molecule has 0 aliphatic heterocycles. The fraction of sp³-hybridized carbons (Fsp3) is 0.393. The van der Waals surface area contributed by atoms with Crippen molar-refractivity contribution in [2.75, 3.05) is 6.54 Å². The molecule has 0 aliphatic carbocycles. The van der Waals surface area contributed by atoms with Crippen LogP contribution in [0.5, 0.6) is 5.75 Å². The van der Waals surface area contributed by atoms with E-state index in [0.717, 1.165) is 11.1 Å². The molecule has 216 valence electrons. The first-order chi connectivity index (χ1) is 18.9. The highest BCUT2D eigenvalue weighted by Gasteiger charge is 2.28. The summed E-state index contributed by atoms with van der Waals surface area (Å²) >= 11 is 0. The summed E-state index contributed by atoms with van der Waals surface area (Å²) < 4.78 is 0. The first kappa shape index (κ1) is 31.8. The van der Waals surface area contributed by atoms with E-state index in [1.165, 1.54) is 19.1 Å². The smallest absolute Gasteiger partial charge is 0.243 e. The van der Waals surface area contributed by atoms with Crippen molar-refractivity contribution < 1.29 is 29.1 Å². The predicted molar refractivity (Wildman–Crippen MR) is 148 cm³/mol. The van der Waals surface area contributed by atoms with Crippen LogP contribution in [0.25, 0.3) is 0 Å². The van der Waals surface area contributed by atoms with Crippen molar-refractivity contribution in [3.63, 3.8) is 0 Å². The molecule has 2 aromatic rings. The molecule has 2 aromatic carbocycles. The van der Waals surface area contributed by atoms with Crippen LogP contribution in [0.2, 0.25) is 0 Å². The van der Waals surface area contributed by atoms with E-state index < -0.39 is 60.2 Å². The Morgan fingerprint density at radius 1 is 0.775 bits per heavy atom. The molecule has 0 aliphatic rings. The molecule has 40 heavy (non-hydrogen) atoms. The first-order valence-corrected chi connectivity index (χ1v) is 12.9. The standard InChI is InChI=1S/C28H38N6O6/c1-16(2)24(25(30)37)34-28(40)22(14-18-7-5-4-6-8-18)33-23(36)15-31-26(38)17(3)32-27(39)21(29)13-19-9-11-20(35)12-10-19/h4-12,16-17,21-22,24,35H,13-15,29H2,1-3H3,(H2,30,37)(H,31,38)(H,32,39)(H,33,36)(H,34,40)/t17-,21-,22-,24-/m0/s1. The Balaban J connectivity index is 1.93. The number of hydrogen-bond acceptors (Lipinski definition) is 7. The largest absolute Gasteiger partial charge is 0.508 e. The van der Waals surface area contributed by atoms with Crippen molar-refractivity contribution in [3.8, 4) is 5.75 Å². The van der Waals surface area contributed by atoms with Gasteiger partial charge in [0.2, 0.25) is 29.5 Å². The minimum Gasteiger partial charge on any atom is -0.508 e. The van der Waals surface area contributed by atoms with Crippen LogP contribution in [0.1, 0.15) is 31.9 Å². The summed E-state index contributed by atoms with van der Waals surface area (Å²) in [6.07, 6.45) is 0.336. The van der Waals surface area contributed by atoms with Crippen LogP contribution in [0, 0.1) is 5.92 Å². The lowest BCUT2D eigenvalue weighted by molar-refractivity contribution is -0.132. The summed E-state index contributed by atoms with van der Waals surface area (Å²) in [5.41, 5.74) is 12.9. The third kappa shape index (κ3) is 10.4. The van der Waals surface area contributed by atoms with Crippen LogP contribution in [0.3, 0.4) is 0 Å². The van der Waals surface area contributed by atoms with E-state index in [0.29, 0.717) is 0 Å². The Kier molecular flexibility index (Phi) is 12.1. The molecular weight excluding hydrogens is 516 g/mol.